The molecule has 0 radical (unpaired) electrons. The van der Waals surface area contributed by atoms with Crippen LogP contribution in [0.25, 0.3) is 11.6 Å². The van der Waals surface area contributed by atoms with E-state index < -0.39 is 0 Å². The summed E-state index contributed by atoms with van der Waals surface area (Å²) >= 11 is 0. The molecule has 1 aliphatic heterocycles. The number of fused-ring (bicyclic) bond motifs is 1. The van der Waals surface area contributed by atoms with Crippen LogP contribution in [0.1, 0.15) is 11.1 Å². The molecule has 134 valence electrons. The average molecular weight is 357 g/mol. The van der Waals surface area contributed by atoms with Crippen LogP contribution in [0.2, 0.25) is 0 Å². The zero-order chi connectivity index (χ0) is 18.8. The van der Waals surface area contributed by atoms with Gasteiger partial charge in [0, 0.05) is 22.9 Å². The van der Waals surface area contributed by atoms with Crippen molar-refractivity contribution < 1.29 is 14.3 Å². The Morgan fingerprint density at radius 2 is 1.59 bits per heavy atom. The SMILES string of the molecule is COc1ccc(/C=C2/C(=O)N(c3ccccc3)c3ccccc32)c(OC)c1. The monoisotopic (exact) mass is 357 g/mol. The first kappa shape index (κ1) is 16.9. The predicted molar refractivity (Wildman–Crippen MR) is 107 cm³/mol. The summed E-state index contributed by atoms with van der Waals surface area (Å²) < 4.78 is 10.7. The van der Waals surface area contributed by atoms with Gasteiger partial charge in [0.25, 0.3) is 5.91 Å². The number of anilines is 2. The van der Waals surface area contributed by atoms with E-state index in [0.717, 1.165) is 22.5 Å². The minimum atomic E-state index is -0.0553. The van der Waals surface area contributed by atoms with Gasteiger partial charge in [-0.2, -0.15) is 0 Å². The summed E-state index contributed by atoms with van der Waals surface area (Å²) in [6, 6.07) is 23.1. The highest BCUT2D eigenvalue weighted by Crippen LogP contribution is 2.42. The first-order chi connectivity index (χ1) is 13.2. The molecule has 0 unspecified atom stereocenters. The van der Waals surface area contributed by atoms with Crippen LogP contribution in [0.4, 0.5) is 11.4 Å². The van der Waals surface area contributed by atoms with Gasteiger partial charge in [0.15, 0.2) is 0 Å². The molecule has 0 saturated heterocycles. The normalized spacial score (nSPS) is 14.4. The number of nitrogens with zero attached hydrogens (tertiary/aromatic N) is 1. The summed E-state index contributed by atoms with van der Waals surface area (Å²) in [5, 5.41) is 0. The maximum absolute atomic E-state index is 13.3. The Kier molecular flexibility index (Phi) is 4.38. The fourth-order valence-corrected chi connectivity index (χ4v) is 3.31. The smallest absolute Gasteiger partial charge is 0.263 e. The molecule has 1 aliphatic rings. The van der Waals surface area contributed by atoms with Crippen LogP contribution < -0.4 is 14.4 Å². The second-order valence-electron chi connectivity index (χ2n) is 6.16. The number of benzene rings is 3. The number of ether oxygens (including phenoxy) is 2. The van der Waals surface area contributed by atoms with Crippen molar-refractivity contribution in [3.63, 3.8) is 0 Å². The number of carbonyl (C=O) groups excluding carboxylic acids is 1. The fourth-order valence-electron chi connectivity index (χ4n) is 3.31. The second kappa shape index (κ2) is 7.00. The molecule has 0 atom stereocenters. The number of amides is 1. The van der Waals surface area contributed by atoms with Gasteiger partial charge in [0.1, 0.15) is 11.5 Å². The summed E-state index contributed by atoms with van der Waals surface area (Å²) in [5.74, 6) is 1.31. The van der Waals surface area contributed by atoms with Crippen LogP contribution in [0.5, 0.6) is 11.5 Å². The lowest BCUT2D eigenvalue weighted by Crippen LogP contribution is -2.20. The molecule has 0 spiro atoms. The van der Waals surface area contributed by atoms with E-state index in [1.54, 1.807) is 19.1 Å². The number of rotatable bonds is 4. The average Bonchev–Trinajstić information content (AvgIpc) is 3.00. The van der Waals surface area contributed by atoms with Crippen LogP contribution in [0, 0.1) is 0 Å². The lowest BCUT2D eigenvalue weighted by atomic mass is 10.0. The van der Waals surface area contributed by atoms with Gasteiger partial charge in [0.2, 0.25) is 0 Å². The third kappa shape index (κ3) is 2.95. The van der Waals surface area contributed by atoms with E-state index in [4.69, 9.17) is 9.47 Å². The summed E-state index contributed by atoms with van der Waals surface area (Å²) in [6.07, 6.45) is 1.88. The zero-order valence-electron chi connectivity index (χ0n) is 15.2. The molecule has 27 heavy (non-hydrogen) atoms. The van der Waals surface area contributed by atoms with Crippen LogP contribution in [-0.4, -0.2) is 20.1 Å². The van der Waals surface area contributed by atoms with E-state index in [-0.39, 0.29) is 5.91 Å². The Labute approximate surface area is 158 Å². The van der Waals surface area contributed by atoms with Crippen LogP contribution in [0.3, 0.4) is 0 Å². The van der Waals surface area contributed by atoms with Gasteiger partial charge in [-0.3, -0.25) is 9.69 Å². The Hall–Kier alpha value is -3.53. The van der Waals surface area contributed by atoms with E-state index >= 15 is 0 Å². The minimum absolute atomic E-state index is 0.0553. The van der Waals surface area contributed by atoms with E-state index in [2.05, 4.69) is 0 Å². The van der Waals surface area contributed by atoms with Crippen LogP contribution in [0.15, 0.2) is 72.8 Å². The molecular formula is C23H19NO3. The first-order valence-corrected chi connectivity index (χ1v) is 8.65. The topological polar surface area (TPSA) is 38.8 Å². The van der Waals surface area contributed by atoms with Crippen molar-refractivity contribution in [1.82, 2.24) is 0 Å². The highest BCUT2D eigenvalue weighted by Gasteiger charge is 2.33. The number of hydrogen-bond donors (Lipinski definition) is 0. The molecule has 4 heteroatoms. The molecule has 0 aromatic heterocycles. The van der Waals surface area contributed by atoms with Gasteiger partial charge in [-0.25, -0.2) is 0 Å². The quantitative estimate of drug-likeness (QED) is 0.622. The highest BCUT2D eigenvalue weighted by atomic mass is 16.5. The van der Waals surface area contributed by atoms with E-state index in [1.165, 1.54) is 0 Å². The van der Waals surface area contributed by atoms with E-state index in [9.17, 15) is 4.79 Å². The second-order valence-corrected chi connectivity index (χ2v) is 6.16. The van der Waals surface area contributed by atoms with Crippen molar-refractivity contribution in [3.05, 3.63) is 83.9 Å². The van der Waals surface area contributed by atoms with Gasteiger partial charge >= 0.3 is 0 Å². The number of para-hydroxylation sites is 2. The van der Waals surface area contributed by atoms with Crippen LogP contribution in [-0.2, 0) is 4.79 Å². The van der Waals surface area contributed by atoms with Crippen LogP contribution >= 0.6 is 0 Å². The molecule has 1 heterocycles. The molecular weight excluding hydrogens is 338 g/mol. The van der Waals surface area contributed by atoms with Crippen molar-refractivity contribution >= 4 is 28.9 Å². The standard InChI is InChI=1S/C23H19NO3/c1-26-18-13-12-16(22(15-18)27-2)14-20-19-10-6-7-11-21(19)24(23(20)25)17-8-4-3-5-9-17/h3-15H,1-2H3/b20-14+. The molecule has 1 amide bonds. The van der Waals surface area contributed by atoms with E-state index in [1.807, 2.05) is 78.9 Å². The van der Waals surface area contributed by atoms with Crippen molar-refractivity contribution in [2.75, 3.05) is 19.1 Å². The van der Waals surface area contributed by atoms with Crippen molar-refractivity contribution in [3.8, 4) is 11.5 Å². The third-order valence-corrected chi connectivity index (χ3v) is 4.62. The molecule has 4 nitrogen and oxygen atoms in total. The van der Waals surface area contributed by atoms with Crippen molar-refractivity contribution in [2.45, 2.75) is 0 Å². The Bertz CT molecular complexity index is 1020. The predicted octanol–water partition coefficient (Wildman–Crippen LogP) is 4.92. The molecule has 4 rings (SSSR count). The number of hydrogen-bond acceptors (Lipinski definition) is 3. The van der Waals surface area contributed by atoms with Crippen molar-refractivity contribution in [2.24, 2.45) is 0 Å². The summed E-state index contributed by atoms with van der Waals surface area (Å²) in [7, 11) is 3.22. The van der Waals surface area contributed by atoms with Gasteiger partial charge in [-0.1, -0.05) is 36.4 Å². The van der Waals surface area contributed by atoms with Crippen molar-refractivity contribution in [1.29, 1.82) is 0 Å². The molecule has 0 saturated carbocycles. The lowest BCUT2D eigenvalue weighted by Gasteiger charge is -2.16. The zero-order valence-corrected chi connectivity index (χ0v) is 15.2. The summed E-state index contributed by atoms with van der Waals surface area (Å²) in [6.45, 7) is 0. The van der Waals surface area contributed by atoms with Gasteiger partial charge < -0.3 is 9.47 Å². The lowest BCUT2D eigenvalue weighted by molar-refractivity contribution is -0.112. The van der Waals surface area contributed by atoms with Gasteiger partial charge in [-0.05, 0) is 36.4 Å². The van der Waals surface area contributed by atoms with E-state index in [0.29, 0.717) is 17.1 Å². The Morgan fingerprint density at radius 3 is 2.33 bits per heavy atom. The molecule has 0 fully saturated rings. The molecule has 0 aliphatic carbocycles. The maximum atomic E-state index is 13.3. The molecule has 3 aromatic carbocycles. The fraction of sp³-hybridized carbons (Fsp3) is 0.0870. The number of methoxy groups -OCH3 is 2. The first-order valence-electron chi connectivity index (χ1n) is 8.65. The summed E-state index contributed by atoms with van der Waals surface area (Å²) in [5.41, 5.74) is 4.10. The largest absolute Gasteiger partial charge is 0.497 e. The van der Waals surface area contributed by atoms with Gasteiger partial charge in [0.05, 0.1) is 25.5 Å². The van der Waals surface area contributed by atoms with Gasteiger partial charge in [-0.15, -0.1) is 0 Å². The highest BCUT2D eigenvalue weighted by molar-refractivity contribution is 6.38. The minimum Gasteiger partial charge on any atom is -0.497 e. The Balaban J connectivity index is 1.85. The molecule has 0 N–H and O–H groups in total. The number of carbonyl (C=O) groups is 1. The molecule has 3 aromatic rings. The summed E-state index contributed by atoms with van der Waals surface area (Å²) in [4.78, 5) is 15.0. The third-order valence-electron chi connectivity index (χ3n) is 4.62. The Morgan fingerprint density at radius 1 is 0.852 bits per heavy atom. The molecule has 0 bridgehead atoms. The maximum Gasteiger partial charge on any atom is 0.263 e.